The number of hydrogen-bond donors (Lipinski definition) is 1. The summed E-state index contributed by atoms with van der Waals surface area (Å²) in [7, 11) is 0. The molecule has 0 bridgehead atoms. The van der Waals surface area contributed by atoms with Gasteiger partial charge in [-0.2, -0.15) is 0 Å². The standard InChI is InChI=1S/C13H16N2OS/c1-9-4-2-3-6-13(9,16)12-15-10-5-7-14-8-11(10)17-12/h5,7-9,16H,2-4,6H2,1H3/t9-,13+/m0/s1. The van der Waals surface area contributed by atoms with Crippen molar-refractivity contribution in [1.82, 2.24) is 9.97 Å². The van der Waals surface area contributed by atoms with Crippen molar-refractivity contribution in [2.24, 2.45) is 5.92 Å². The van der Waals surface area contributed by atoms with E-state index in [2.05, 4.69) is 16.9 Å². The van der Waals surface area contributed by atoms with Gasteiger partial charge in [0.1, 0.15) is 10.6 Å². The van der Waals surface area contributed by atoms with Crippen molar-refractivity contribution in [2.45, 2.75) is 38.2 Å². The Morgan fingerprint density at radius 3 is 3.12 bits per heavy atom. The molecule has 1 saturated carbocycles. The second-order valence-electron chi connectivity index (χ2n) is 4.93. The molecule has 1 N–H and O–H groups in total. The Bertz CT molecular complexity index is 506. The minimum absolute atomic E-state index is 0.296. The third kappa shape index (κ3) is 1.76. The van der Waals surface area contributed by atoms with Crippen molar-refractivity contribution in [2.75, 3.05) is 0 Å². The molecule has 0 spiro atoms. The number of hydrogen-bond acceptors (Lipinski definition) is 4. The predicted octanol–water partition coefficient (Wildman–Crippen LogP) is 3.09. The number of pyridine rings is 1. The first kappa shape index (κ1) is 11.1. The summed E-state index contributed by atoms with van der Waals surface area (Å²) in [6, 6.07) is 1.91. The quantitative estimate of drug-likeness (QED) is 0.843. The molecule has 90 valence electrons. The van der Waals surface area contributed by atoms with Crippen LogP contribution in [-0.2, 0) is 5.60 Å². The topological polar surface area (TPSA) is 46.0 Å². The van der Waals surface area contributed by atoms with Gasteiger partial charge in [0.25, 0.3) is 0 Å². The van der Waals surface area contributed by atoms with Crippen molar-refractivity contribution >= 4 is 21.6 Å². The van der Waals surface area contributed by atoms with Crippen molar-refractivity contribution in [1.29, 1.82) is 0 Å². The van der Waals surface area contributed by atoms with Gasteiger partial charge < -0.3 is 5.11 Å². The first-order valence-electron chi connectivity index (χ1n) is 6.13. The molecule has 0 aliphatic heterocycles. The van der Waals surface area contributed by atoms with E-state index in [4.69, 9.17) is 0 Å². The van der Waals surface area contributed by atoms with Crippen molar-refractivity contribution in [3.63, 3.8) is 0 Å². The number of thiazole rings is 1. The molecule has 0 aromatic carbocycles. The van der Waals surface area contributed by atoms with Gasteiger partial charge in [-0.3, -0.25) is 4.98 Å². The molecule has 17 heavy (non-hydrogen) atoms. The van der Waals surface area contributed by atoms with Crippen LogP contribution in [0.15, 0.2) is 18.5 Å². The summed E-state index contributed by atoms with van der Waals surface area (Å²) in [5.41, 5.74) is 0.230. The summed E-state index contributed by atoms with van der Waals surface area (Å²) >= 11 is 1.58. The van der Waals surface area contributed by atoms with E-state index >= 15 is 0 Å². The summed E-state index contributed by atoms with van der Waals surface area (Å²) in [5.74, 6) is 0.296. The zero-order valence-electron chi connectivity index (χ0n) is 9.89. The Labute approximate surface area is 105 Å². The van der Waals surface area contributed by atoms with Gasteiger partial charge in [0.05, 0.1) is 10.2 Å². The molecule has 0 radical (unpaired) electrons. The van der Waals surface area contributed by atoms with Gasteiger partial charge in [-0.1, -0.05) is 19.8 Å². The van der Waals surface area contributed by atoms with Gasteiger partial charge in [0.15, 0.2) is 0 Å². The van der Waals surface area contributed by atoms with Crippen LogP contribution < -0.4 is 0 Å². The molecule has 3 nitrogen and oxygen atoms in total. The average Bonchev–Trinajstić information content (AvgIpc) is 2.77. The SMILES string of the molecule is C[C@H]1CCCC[C@]1(O)c1nc2ccncc2s1. The van der Waals surface area contributed by atoms with Gasteiger partial charge in [0.2, 0.25) is 0 Å². The van der Waals surface area contributed by atoms with Gasteiger partial charge in [-0.05, 0) is 24.8 Å². The van der Waals surface area contributed by atoms with Crippen LogP contribution in [0.2, 0.25) is 0 Å². The summed E-state index contributed by atoms with van der Waals surface area (Å²) in [6.45, 7) is 2.13. The number of aromatic nitrogens is 2. The van der Waals surface area contributed by atoms with Gasteiger partial charge >= 0.3 is 0 Å². The molecule has 2 aromatic rings. The molecule has 1 fully saturated rings. The fourth-order valence-corrected chi connectivity index (χ4v) is 3.78. The highest BCUT2D eigenvalue weighted by Gasteiger charge is 2.40. The van der Waals surface area contributed by atoms with Gasteiger partial charge in [-0.25, -0.2) is 4.98 Å². The largest absolute Gasteiger partial charge is 0.382 e. The maximum Gasteiger partial charge on any atom is 0.126 e. The Kier molecular flexibility index (Phi) is 2.64. The van der Waals surface area contributed by atoms with E-state index in [-0.39, 0.29) is 0 Å². The molecule has 0 amide bonds. The molecule has 2 aromatic heterocycles. The average molecular weight is 248 g/mol. The zero-order chi connectivity index (χ0) is 11.9. The van der Waals surface area contributed by atoms with Crippen molar-refractivity contribution < 1.29 is 5.11 Å². The van der Waals surface area contributed by atoms with Gasteiger partial charge in [-0.15, -0.1) is 11.3 Å². The van der Waals surface area contributed by atoms with Crippen LogP contribution in [0.5, 0.6) is 0 Å². The number of fused-ring (bicyclic) bond motifs is 1. The first-order chi connectivity index (χ1) is 8.20. The lowest BCUT2D eigenvalue weighted by Crippen LogP contribution is -2.36. The highest BCUT2D eigenvalue weighted by atomic mass is 32.1. The van der Waals surface area contributed by atoms with Crippen LogP contribution in [0.4, 0.5) is 0 Å². The summed E-state index contributed by atoms with van der Waals surface area (Å²) in [5, 5.41) is 11.7. The Morgan fingerprint density at radius 2 is 2.35 bits per heavy atom. The molecule has 2 heterocycles. The van der Waals surface area contributed by atoms with Crippen LogP contribution in [-0.4, -0.2) is 15.1 Å². The van der Waals surface area contributed by atoms with Gasteiger partial charge in [0, 0.05) is 12.4 Å². The summed E-state index contributed by atoms with van der Waals surface area (Å²) in [4.78, 5) is 8.69. The zero-order valence-corrected chi connectivity index (χ0v) is 10.7. The maximum atomic E-state index is 10.8. The molecular weight excluding hydrogens is 232 g/mol. The minimum atomic E-state index is -0.720. The second-order valence-corrected chi connectivity index (χ2v) is 5.96. The van der Waals surface area contributed by atoms with E-state index in [1.54, 1.807) is 17.5 Å². The number of rotatable bonds is 1. The highest BCUT2D eigenvalue weighted by molar-refractivity contribution is 7.18. The van der Waals surface area contributed by atoms with E-state index in [9.17, 15) is 5.11 Å². The molecule has 2 atom stereocenters. The monoisotopic (exact) mass is 248 g/mol. The first-order valence-corrected chi connectivity index (χ1v) is 6.95. The lowest BCUT2D eigenvalue weighted by Gasteiger charge is -2.36. The van der Waals surface area contributed by atoms with Crippen LogP contribution >= 0.6 is 11.3 Å². The molecule has 1 aliphatic rings. The third-order valence-corrected chi connectivity index (χ3v) is 4.99. The molecule has 3 rings (SSSR count). The Morgan fingerprint density at radius 1 is 1.47 bits per heavy atom. The molecular formula is C13H16N2OS. The highest BCUT2D eigenvalue weighted by Crippen LogP contribution is 2.43. The molecule has 0 unspecified atom stereocenters. The van der Waals surface area contributed by atoms with E-state index < -0.39 is 5.60 Å². The summed E-state index contributed by atoms with van der Waals surface area (Å²) < 4.78 is 1.06. The normalized spacial score (nSPS) is 29.6. The third-order valence-electron chi connectivity index (χ3n) is 3.82. The minimum Gasteiger partial charge on any atom is -0.382 e. The van der Waals surface area contributed by atoms with Crippen molar-refractivity contribution in [3.8, 4) is 0 Å². The van der Waals surface area contributed by atoms with E-state index in [1.165, 1.54) is 6.42 Å². The van der Waals surface area contributed by atoms with E-state index in [1.807, 2.05) is 12.3 Å². The predicted molar refractivity (Wildman–Crippen MR) is 68.9 cm³/mol. The van der Waals surface area contributed by atoms with E-state index in [0.29, 0.717) is 5.92 Å². The second kappa shape index (κ2) is 4.03. The smallest absolute Gasteiger partial charge is 0.126 e. The molecule has 0 saturated heterocycles. The molecule has 1 aliphatic carbocycles. The Hall–Kier alpha value is -1.000. The summed E-state index contributed by atoms with van der Waals surface area (Å²) in [6.07, 6.45) is 7.81. The molecule has 4 heteroatoms. The maximum absolute atomic E-state index is 10.8. The fraction of sp³-hybridized carbons (Fsp3) is 0.538. The van der Waals surface area contributed by atoms with E-state index in [0.717, 1.165) is 34.5 Å². The number of nitrogens with zero attached hydrogens (tertiary/aromatic N) is 2. The number of aliphatic hydroxyl groups is 1. The van der Waals surface area contributed by atoms with Crippen LogP contribution in [0.1, 0.15) is 37.6 Å². The van der Waals surface area contributed by atoms with Crippen LogP contribution in [0.3, 0.4) is 0 Å². The van der Waals surface area contributed by atoms with Crippen LogP contribution in [0, 0.1) is 5.92 Å². The lowest BCUT2D eigenvalue weighted by atomic mass is 9.77. The fourth-order valence-electron chi connectivity index (χ4n) is 2.61. The lowest BCUT2D eigenvalue weighted by molar-refractivity contribution is -0.0469. The van der Waals surface area contributed by atoms with Crippen molar-refractivity contribution in [3.05, 3.63) is 23.5 Å². The Balaban J connectivity index is 2.07. The van der Waals surface area contributed by atoms with Crippen LogP contribution in [0.25, 0.3) is 10.2 Å².